The molecule has 1 aliphatic heterocycles. The van der Waals surface area contributed by atoms with Crippen molar-refractivity contribution in [2.24, 2.45) is 0 Å². The molecule has 0 aromatic carbocycles. The van der Waals surface area contributed by atoms with Crippen LogP contribution in [0.1, 0.15) is 38.5 Å². The van der Waals surface area contributed by atoms with Gasteiger partial charge in [0.1, 0.15) is 0 Å². The Morgan fingerprint density at radius 2 is 1.86 bits per heavy atom. The van der Waals surface area contributed by atoms with Gasteiger partial charge < -0.3 is 5.32 Å². The van der Waals surface area contributed by atoms with Gasteiger partial charge in [-0.15, -0.1) is 11.8 Å². The molecule has 2 rings (SSSR count). The van der Waals surface area contributed by atoms with Gasteiger partial charge in [-0.25, -0.2) is 0 Å². The minimum Gasteiger partial charge on any atom is -0.307 e. The minimum absolute atomic E-state index is 0.893. The molecule has 0 spiro atoms. The molecule has 82 valence electrons. The van der Waals surface area contributed by atoms with Crippen LogP contribution < -0.4 is 5.32 Å². The van der Waals surface area contributed by atoms with E-state index in [-0.39, 0.29) is 0 Å². The molecular weight excluding hydrogens is 192 g/mol. The van der Waals surface area contributed by atoms with E-state index in [9.17, 15) is 0 Å². The van der Waals surface area contributed by atoms with Gasteiger partial charge in [0.2, 0.25) is 0 Å². The summed E-state index contributed by atoms with van der Waals surface area (Å²) in [4.78, 5) is 2.70. The van der Waals surface area contributed by atoms with E-state index in [1.165, 1.54) is 57.5 Å². The third kappa shape index (κ3) is 3.14. The van der Waals surface area contributed by atoms with E-state index >= 15 is 0 Å². The third-order valence-electron chi connectivity index (χ3n) is 3.38. The maximum Gasteiger partial charge on any atom is 0.0460 e. The highest BCUT2D eigenvalue weighted by atomic mass is 32.2. The van der Waals surface area contributed by atoms with Gasteiger partial charge >= 0.3 is 0 Å². The molecule has 3 heteroatoms. The highest BCUT2D eigenvalue weighted by molar-refractivity contribution is 7.99. The Hall–Kier alpha value is 0.270. The molecule has 1 saturated carbocycles. The average Bonchev–Trinajstić information content (AvgIpc) is 2.62. The monoisotopic (exact) mass is 214 g/mol. The normalized spacial score (nSPS) is 28.3. The number of thioether (sulfide) groups is 1. The second-order valence-electron chi connectivity index (χ2n) is 4.44. The standard InChI is InChI=1S/C11H22N2S/c1-2-4-6-11(5-3-1)13-8-7-12-9-14-10-13/h11-12H,1-10H2. The maximum absolute atomic E-state index is 3.45. The molecule has 1 heterocycles. The predicted octanol–water partition coefficient (Wildman–Crippen LogP) is 2.26. The molecule has 0 radical (unpaired) electrons. The van der Waals surface area contributed by atoms with Gasteiger partial charge in [-0.05, 0) is 12.8 Å². The number of rotatable bonds is 1. The van der Waals surface area contributed by atoms with Crippen LogP contribution in [-0.2, 0) is 0 Å². The molecule has 0 unspecified atom stereocenters. The van der Waals surface area contributed by atoms with Crippen LogP contribution in [0.15, 0.2) is 0 Å². The van der Waals surface area contributed by atoms with Crippen LogP contribution in [0.4, 0.5) is 0 Å². The fraction of sp³-hybridized carbons (Fsp3) is 1.00. The number of nitrogens with one attached hydrogen (secondary N) is 1. The summed E-state index contributed by atoms with van der Waals surface area (Å²) < 4.78 is 0. The highest BCUT2D eigenvalue weighted by Crippen LogP contribution is 2.23. The van der Waals surface area contributed by atoms with Gasteiger partial charge in [-0.2, -0.15) is 0 Å². The van der Waals surface area contributed by atoms with Crippen LogP contribution >= 0.6 is 11.8 Å². The first-order valence-corrected chi connectivity index (χ1v) is 7.15. The summed E-state index contributed by atoms with van der Waals surface area (Å²) in [6.45, 7) is 2.45. The fourth-order valence-electron chi connectivity index (χ4n) is 2.51. The van der Waals surface area contributed by atoms with Gasteiger partial charge in [0.25, 0.3) is 0 Å². The lowest BCUT2D eigenvalue weighted by atomic mass is 10.1. The van der Waals surface area contributed by atoms with E-state index < -0.39 is 0 Å². The van der Waals surface area contributed by atoms with E-state index in [0.29, 0.717) is 0 Å². The van der Waals surface area contributed by atoms with Crippen molar-refractivity contribution >= 4 is 11.8 Å². The summed E-state index contributed by atoms with van der Waals surface area (Å²) in [5, 5.41) is 3.45. The maximum atomic E-state index is 3.45. The minimum atomic E-state index is 0.893. The zero-order valence-electron chi connectivity index (χ0n) is 9.00. The first-order chi connectivity index (χ1) is 6.97. The highest BCUT2D eigenvalue weighted by Gasteiger charge is 2.20. The Kier molecular flexibility index (Phi) is 4.61. The Balaban J connectivity index is 1.83. The second kappa shape index (κ2) is 5.99. The lowest BCUT2D eigenvalue weighted by Crippen LogP contribution is -2.37. The molecule has 2 aliphatic rings. The second-order valence-corrected chi connectivity index (χ2v) is 5.39. The summed E-state index contributed by atoms with van der Waals surface area (Å²) >= 11 is 2.04. The number of hydrogen-bond acceptors (Lipinski definition) is 3. The molecule has 1 aliphatic carbocycles. The van der Waals surface area contributed by atoms with Gasteiger partial charge in [0.15, 0.2) is 0 Å². The van der Waals surface area contributed by atoms with Gasteiger partial charge in [-0.1, -0.05) is 25.7 Å². The molecule has 0 bridgehead atoms. The molecule has 1 N–H and O–H groups in total. The molecule has 0 amide bonds. The van der Waals surface area contributed by atoms with Gasteiger partial charge in [0.05, 0.1) is 0 Å². The topological polar surface area (TPSA) is 15.3 Å². The van der Waals surface area contributed by atoms with Crippen molar-refractivity contribution < 1.29 is 0 Å². The zero-order valence-corrected chi connectivity index (χ0v) is 9.82. The predicted molar refractivity (Wildman–Crippen MR) is 63.5 cm³/mol. The van der Waals surface area contributed by atoms with Crippen LogP contribution in [0.3, 0.4) is 0 Å². The van der Waals surface area contributed by atoms with Crippen molar-refractivity contribution in [2.75, 3.05) is 24.8 Å². The number of nitrogens with zero attached hydrogens (tertiary/aromatic N) is 1. The molecule has 1 saturated heterocycles. The Labute approximate surface area is 91.8 Å². The van der Waals surface area contributed by atoms with E-state index in [4.69, 9.17) is 0 Å². The number of hydrogen-bond donors (Lipinski definition) is 1. The van der Waals surface area contributed by atoms with Crippen molar-refractivity contribution in [3.8, 4) is 0 Å². The first-order valence-electron chi connectivity index (χ1n) is 5.99. The van der Waals surface area contributed by atoms with Crippen LogP contribution in [0, 0.1) is 0 Å². The van der Waals surface area contributed by atoms with E-state index in [2.05, 4.69) is 10.2 Å². The molecule has 2 nitrogen and oxygen atoms in total. The first kappa shape index (κ1) is 10.8. The summed E-state index contributed by atoms with van der Waals surface area (Å²) in [7, 11) is 0. The Morgan fingerprint density at radius 1 is 1.07 bits per heavy atom. The van der Waals surface area contributed by atoms with Crippen molar-refractivity contribution in [3.63, 3.8) is 0 Å². The van der Waals surface area contributed by atoms with Crippen molar-refractivity contribution in [1.29, 1.82) is 0 Å². The largest absolute Gasteiger partial charge is 0.307 e. The molecule has 0 aromatic heterocycles. The van der Waals surface area contributed by atoms with E-state index in [1.807, 2.05) is 11.8 Å². The molecular formula is C11H22N2S. The van der Waals surface area contributed by atoms with Crippen LogP contribution in [0.25, 0.3) is 0 Å². The summed E-state index contributed by atoms with van der Waals surface area (Å²) in [5.74, 6) is 2.39. The Morgan fingerprint density at radius 3 is 2.64 bits per heavy atom. The Bertz CT molecular complexity index is 129. The van der Waals surface area contributed by atoms with E-state index in [1.54, 1.807) is 0 Å². The lowest BCUT2D eigenvalue weighted by Gasteiger charge is -2.28. The third-order valence-corrected chi connectivity index (χ3v) is 4.30. The van der Waals surface area contributed by atoms with Crippen molar-refractivity contribution in [3.05, 3.63) is 0 Å². The van der Waals surface area contributed by atoms with E-state index in [0.717, 1.165) is 11.9 Å². The van der Waals surface area contributed by atoms with Gasteiger partial charge in [0, 0.05) is 30.9 Å². The van der Waals surface area contributed by atoms with Crippen LogP contribution in [-0.4, -0.2) is 35.8 Å². The zero-order chi connectivity index (χ0) is 9.64. The summed E-state index contributed by atoms with van der Waals surface area (Å²) in [6.07, 6.45) is 8.74. The quantitative estimate of drug-likeness (QED) is 0.674. The van der Waals surface area contributed by atoms with Gasteiger partial charge in [-0.3, -0.25) is 4.90 Å². The summed E-state index contributed by atoms with van der Waals surface area (Å²) in [5.41, 5.74) is 0. The average molecular weight is 214 g/mol. The van der Waals surface area contributed by atoms with Crippen molar-refractivity contribution in [2.45, 2.75) is 44.6 Å². The van der Waals surface area contributed by atoms with Crippen LogP contribution in [0.2, 0.25) is 0 Å². The molecule has 2 fully saturated rings. The smallest absolute Gasteiger partial charge is 0.0460 e. The molecule has 14 heavy (non-hydrogen) atoms. The molecule has 0 atom stereocenters. The molecule has 0 aromatic rings. The van der Waals surface area contributed by atoms with Crippen LogP contribution in [0.5, 0.6) is 0 Å². The fourth-order valence-corrected chi connectivity index (χ4v) is 3.46. The lowest BCUT2D eigenvalue weighted by molar-refractivity contribution is 0.216. The van der Waals surface area contributed by atoms with Crippen molar-refractivity contribution in [1.82, 2.24) is 10.2 Å². The summed E-state index contributed by atoms with van der Waals surface area (Å²) in [6, 6.07) is 0.893. The SMILES string of the molecule is C1CCCC(N2CCNCSC2)CC1.